The standard InChI is InChI=1S/C26H25N5O3/c1-18(32)28-21-7-8-24-22(16-21)29-25(34-24)20-9-10-27-23(15-20)26(33)31-13-11-30(12-14-31)17-19-5-3-2-4-6-19/h2-10,15-16H,11-14,17H2,1H3,(H,28,32). The maximum atomic E-state index is 13.1. The summed E-state index contributed by atoms with van der Waals surface area (Å²) in [7, 11) is 0. The number of nitrogens with one attached hydrogen (secondary N) is 1. The lowest BCUT2D eigenvalue weighted by Gasteiger charge is -2.34. The number of rotatable bonds is 5. The van der Waals surface area contributed by atoms with E-state index >= 15 is 0 Å². The van der Waals surface area contributed by atoms with Crippen molar-refractivity contribution in [3.8, 4) is 11.5 Å². The first kappa shape index (κ1) is 21.8. The molecule has 1 fully saturated rings. The molecular weight excluding hydrogens is 430 g/mol. The molecule has 1 saturated heterocycles. The molecule has 1 N–H and O–H groups in total. The summed E-state index contributed by atoms with van der Waals surface area (Å²) in [5.74, 6) is 0.158. The Morgan fingerprint density at radius 1 is 1.00 bits per heavy atom. The second kappa shape index (κ2) is 9.44. The molecule has 4 aromatic rings. The topological polar surface area (TPSA) is 91.6 Å². The van der Waals surface area contributed by atoms with E-state index in [-0.39, 0.29) is 11.8 Å². The van der Waals surface area contributed by atoms with E-state index in [1.807, 2.05) is 23.1 Å². The molecule has 0 atom stereocenters. The highest BCUT2D eigenvalue weighted by molar-refractivity contribution is 5.94. The van der Waals surface area contributed by atoms with Crippen LogP contribution in [-0.2, 0) is 11.3 Å². The van der Waals surface area contributed by atoms with Gasteiger partial charge in [-0.05, 0) is 35.9 Å². The summed E-state index contributed by atoms with van der Waals surface area (Å²) in [5.41, 5.74) is 4.20. The number of carbonyl (C=O) groups is 2. The van der Waals surface area contributed by atoms with E-state index in [1.54, 1.807) is 36.5 Å². The fourth-order valence-electron chi connectivity index (χ4n) is 4.13. The van der Waals surface area contributed by atoms with Crippen LogP contribution in [0.2, 0.25) is 0 Å². The number of hydrogen-bond donors (Lipinski definition) is 1. The van der Waals surface area contributed by atoms with E-state index in [4.69, 9.17) is 4.42 Å². The SMILES string of the molecule is CC(=O)Nc1ccc2oc(-c3ccnc(C(=O)N4CCN(Cc5ccccc5)CC4)c3)nc2c1. The fourth-order valence-corrected chi connectivity index (χ4v) is 4.13. The average Bonchev–Trinajstić information content (AvgIpc) is 3.28. The van der Waals surface area contributed by atoms with E-state index in [1.165, 1.54) is 12.5 Å². The summed E-state index contributed by atoms with van der Waals surface area (Å²) >= 11 is 0. The van der Waals surface area contributed by atoms with Crippen molar-refractivity contribution in [2.24, 2.45) is 0 Å². The second-order valence-corrected chi connectivity index (χ2v) is 8.37. The molecule has 0 unspecified atom stereocenters. The maximum absolute atomic E-state index is 13.1. The lowest BCUT2D eigenvalue weighted by molar-refractivity contribution is -0.114. The summed E-state index contributed by atoms with van der Waals surface area (Å²) < 4.78 is 5.88. The molecule has 2 aromatic heterocycles. The largest absolute Gasteiger partial charge is 0.436 e. The molecule has 8 nitrogen and oxygen atoms in total. The third kappa shape index (κ3) is 4.82. The van der Waals surface area contributed by atoms with Crippen LogP contribution in [0.3, 0.4) is 0 Å². The lowest BCUT2D eigenvalue weighted by Crippen LogP contribution is -2.48. The molecule has 0 aliphatic carbocycles. The molecule has 8 heteroatoms. The summed E-state index contributed by atoms with van der Waals surface area (Å²) in [6.45, 7) is 5.30. The number of pyridine rings is 1. The summed E-state index contributed by atoms with van der Waals surface area (Å²) in [6, 6.07) is 19.1. The first-order valence-corrected chi connectivity index (χ1v) is 11.3. The first-order chi connectivity index (χ1) is 16.5. The molecule has 2 aromatic carbocycles. The minimum absolute atomic E-state index is 0.0923. The molecule has 0 spiro atoms. The monoisotopic (exact) mass is 455 g/mol. The highest BCUT2D eigenvalue weighted by Gasteiger charge is 2.23. The Morgan fingerprint density at radius 2 is 1.79 bits per heavy atom. The molecule has 1 aliphatic rings. The van der Waals surface area contributed by atoms with Gasteiger partial charge in [-0.15, -0.1) is 0 Å². The van der Waals surface area contributed by atoms with Gasteiger partial charge in [-0.25, -0.2) is 4.98 Å². The van der Waals surface area contributed by atoms with Crippen LogP contribution in [0.15, 0.2) is 71.3 Å². The first-order valence-electron chi connectivity index (χ1n) is 11.3. The number of oxazole rings is 1. The number of nitrogens with zero attached hydrogens (tertiary/aromatic N) is 4. The highest BCUT2D eigenvalue weighted by Crippen LogP contribution is 2.26. The molecule has 2 amide bonds. The minimum Gasteiger partial charge on any atom is -0.436 e. The van der Waals surface area contributed by atoms with Gasteiger partial charge >= 0.3 is 0 Å². The van der Waals surface area contributed by atoms with E-state index in [0.29, 0.717) is 47.0 Å². The Balaban J connectivity index is 1.27. The zero-order chi connectivity index (χ0) is 23.5. The Hall–Kier alpha value is -4.04. The van der Waals surface area contributed by atoms with Crippen molar-refractivity contribution in [1.29, 1.82) is 0 Å². The summed E-state index contributed by atoms with van der Waals surface area (Å²) in [5, 5.41) is 2.74. The van der Waals surface area contributed by atoms with Crippen molar-refractivity contribution in [2.45, 2.75) is 13.5 Å². The van der Waals surface area contributed by atoms with Gasteiger partial charge in [0.1, 0.15) is 11.2 Å². The van der Waals surface area contributed by atoms with Gasteiger partial charge in [0, 0.05) is 57.1 Å². The van der Waals surface area contributed by atoms with Gasteiger partial charge in [0.15, 0.2) is 5.58 Å². The van der Waals surface area contributed by atoms with Gasteiger partial charge < -0.3 is 14.6 Å². The maximum Gasteiger partial charge on any atom is 0.272 e. The van der Waals surface area contributed by atoms with E-state index in [9.17, 15) is 9.59 Å². The number of fused-ring (bicyclic) bond motifs is 1. The Labute approximate surface area is 197 Å². The smallest absolute Gasteiger partial charge is 0.272 e. The van der Waals surface area contributed by atoms with Crippen LogP contribution in [0.25, 0.3) is 22.6 Å². The lowest BCUT2D eigenvalue weighted by atomic mass is 10.2. The third-order valence-electron chi connectivity index (χ3n) is 5.84. The van der Waals surface area contributed by atoms with Crippen LogP contribution < -0.4 is 5.32 Å². The van der Waals surface area contributed by atoms with Gasteiger partial charge in [0.2, 0.25) is 11.8 Å². The van der Waals surface area contributed by atoms with Crippen molar-refractivity contribution in [3.05, 3.63) is 78.1 Å². The highest BCUT2D eigenvalue weighted by atomic mass is 16.3. The second-order valence-electron chi connectivity index (χ2n) is 8.37. The molecule has 0 saturated carbocycles. The summed E-state index contributed by atoms with van der Waals surface area (Å²) in [6.07, 6.45) is 1.60. The third-order valence-corrected chi connectivity index (χ3v) is 5.84. The number of piperazine rings is 1. The number of benzene rings is 2. The predicted molar refractivity (Wildman–Crippen MR) is 129 cm³/mol. The molecule has 5 rings (SSSR count). The number of anilines is 1. The molecular formula is C26H25N5O3. The number of hydrogen-bond acceptors (Lipinski definition) is 6. The Bertz CT molecular complexity index is 1330. The average molecular weight is 456 g/mol. The van der Waals surface area contributed by atoms with Crippen LogP contribution in [0.1, 0.15) is 23.0 Å². The van der Waals surface area contributed by atoms with E-state index in [2.05, 4.69) is 32.3 Å². The van der Waals surface area contributed by atoms with Gasteiger partial charge in [0.25, 0.3) is 5.91 Å². The van der Waals surface area contributed by atoms with Gasteiger partial charge in [-0.1, -0.05) is 30.3 Å². The van der Waals surface area contributed by atoms with Crippen LogP contribution in [0, 0.1) is 0 Å². The van der Waals surface area contributed by atoms with Crippen LogP contribution in [0.5, 0.6) is 0 Å². The molecule has 1 aliphatic heterocycles. The molecule has 34 heavy (non-hydrogen) atoms. The van der Waals surface area contributed by atoms with Crippen molar-refractivity contribution in [3.63, 3.8) is 0 Å². The Morgan fingerprint density at radius 3 is 2.56 bits per heavy atom. The van der Waals surface area contributed by atoms with Gasteiger partial charge in [0.05, 0.1) is 0 Å². The van der Waals surface area contributed by atoms with Crippen molar-refractivity contribution >= 4 is 28.6 Å². The molecule has 0 radical (unpaired) electrons. The van der Waals surface area contributed by atoms with E-state index < -0.39 is 0 Å². The quantitative estimate of drug-likeness (QED) is 0.492. The van der Waals surface area contributed by atoms with Crippen LogP contribution in [0.4, 0.5) is 5.69 Å². The molecule has 0 bridgehead atoms. The Kier molecular flexibility index (Phi) is 6.05. The normalized spacial score (nSPS) is 14.3. The van der Waals surface area contributed by atoms with Crippen LogP contribution >= 0.6 is 0 Å². The van der Waals surface area contributed by atoms with E-state index in [0.717, 1.165) is 19.6 Å². The number of carbonyl (C=O) groups excluding carboxylic acids is 2. The fraction of sp³-hybridized carbons (Fsp3) is 0.231. The van der Waals surface area contributed by atoms with Crippen molar-refractivity contribution in [1.82, 2.24) is 19.8 Å². The predicted octanol–water partition coefficient (Wildman–Crippen LogP) is 3.81. The van der Waals surface area contributed by atoms with Crippen molar-refractivity contribution in [2.75, 3.05) is 31.5 Å². The summed E-state index contributed by atoms with van der Waals surface area (Å²) in [4.78, 5) is 37.5. The molecule has 3 heterocycles. The zero-order valence-corrected chi connectivity index (χ0v) is 18.9. The number of amides is 2. The zero-order valence-electron chi connectivity index (χ0n) is 18.9. The van der Waals surface area contributed by atoms with Gasteiger partial charge in [-0.3, -0.25) is 19.5 Å². The minimum atomic E-state index is -0.152. The molecule has 172 valence electrons. The number of aromatic nitrogens is 2. The van der Waals surface area contributed by atoms with Gasteiger partial charge in [-0.2, -0.15) is 0 Å². The van der Waals surface area contributed by atoms with Crippen molar-refractivity contribution < 1.29 is 14.0 Å². The van der Waals surface area contributed by atoms with Crippen LogP contribution in [-0.4, -0.2) is 57.8 Å².